The number of rotatable bonds is 4. The standard InChI is InChI=1S/C26H27N7O3.CH5N.H2/c1-14-6-11-17-20(26(2,3)24(35)31-25(27)32-28)18-12-13-19(30-22(18)36-21(17)29-14)15-7-9-16(10-8-15)23(34)33(4)5;1-2;/h6-13,20,28H,1-5H3,(H2,27,31,35);2H2,1H3;1H/t20-;;/m0../s1. The van der Waals surface area contributed by atoms with Crippen molar-refractivity contribution < 1.29 is 15.8 Å². The van der Waals surface area contributed by atoms with E-state index in [9.17, 15) is 9.59 Å². The highest BCUT2D eigenvalue weighted by Crippen LogP contribution is 2.51. The van der Waals surface area contributed by atoms with Gasteiger partial charge in [0.1, 0.15) is 0 Å². The van der Waals surface area contributed by atoms with Crippen molar-refractivity contribution in [2.24, 2.45) is 27.0 Å². The second kappa shape index (κ2) is 11.3. The van der Waals surface area contributed by atoms with Crippen LogP contribution in [0.1, 0.15) is 48.4 Å². The lowest BCUT2D eigenvalue weighted by atomic mass is 9.70. The molecule has 0 spiro atoms. The normalized spacial score (nSPS) is 14.2. The molecule has 3 aromatic rings. The van der Waals surface area contributed by atoms with E-state index in [1.807, 2.05) is 43.3 Å². The molecule has 0 saturated carbocycles. The van der Waals surface area contributed by atoms with Gasteiger partial charge in [-0.05, 0) is 38.2 Å². The molecule has 0 unspecified atom stereocenters. The van der Waals surface area contributed by atoms with Gasteiger partial charge in [0.15, 0.2) is 0 Å². The van der Waals surface area contributed by atoms with E-state index < -0.39 is 23.2 Å². The first-order valence-electron chi connectivity index (χ1n) is 11.8. The Labute approximate surface area is 222 Å². The SMILES string of the molecule is CN.Cc1ccc2c(n1)Oc1nc(-c3ccc(C(=O)N(C)C)cc3)ccc1[C@H]2C(C)(C)C(=O)N=C(N)N=N.[HH]. The van der Waals surface area contributed by atoms with Crippen LogP contribution in [0.25, 0.3) is 11.3 Å². The van der Waals surface area contributed by atoms with Crippen molar-refractivity contribution in [2.75, 3.05) is 21.1 Å². The number of benzene rings is 1. The number of hydrogen-bond acceptors (Lipinski definition) is 7. The fourth-order valence-corrected chi connectivity index (χ4v) is 4.23. The highest BCUT2D eigenvalue weighted by Gasteiger charge is 2.44. The molecule has 4 rings (SSSR count). The van der Waals surface area contributed by atoms with Gasteiger partial charge >= 0.3 is 0 Å². The summed E-state index contributed by atoms with van der Waals surface area (Å²) in [6.45, 7) is 5.37. The molecule has 3 heterocycles. The molecule has 0 aliphatic carbocycles. The summed E-state index contributed by atoms with van der Waals surface area (Å²) in [4.78, 5) is 39.9. The average Bonchev–Trinajstić information content (AvgIpc) is 2.91. The molecule has 200 valence electrons. The van der Waals surface area contributed by atoms with Crippen LogP contribution in [0.2, 0.25) is 0 Å². The molecule has 11 nitrogen and oxygen atoms in total. The largest absolute Gasteiger partial charge is 0.420 e. The molecular formula is C27H34N8O3. The van der Waals surface area contributed by atoms with Gasteiger partial charge in [-0.2, -0.15) is 4.99 Å². The van der Waals surface area contributed by atoms with E-state index in [1.165, 1.54) is 11.9 Å². The first-order chi connectivity index (χ1) is 18.0. The molecular weight excluding hydrogens is 484 g/mol. The number of aryl methyl sites for hydroxylation is 1. The van der Waals surface area contributed by atoms with Crippen LogP contribution in [0.5, 0.6) is 11.8 Å². The van der Waals surface area contributed by atoms with Crippen LogP contribution in [-0.2, 0) is 4.79 Å². The number of nitrogens with zero attached hydrogens (tertiary/aromatic N) is 5. The summed E-state index contributed by atoms with van der Waals surface area (Å²) in [5.41, 5.74) is 20.2. The number of carbonyl (C=O) groups excluding carboxylic acids is 2. The maximum Gasteiger partial charge on any atom is 0.255 e. The van der Waals surface area contributed by atoms with Crippen LogP contribution in [-0.4, -0.2) is 53.8 Å². The van der Waals surface area contributed by atoms with Crippen molar-refractivity contribution in [1.82, 2.24) is 14.9 Å². The van der Waals surface area contributed by atoms with Crippen molar-refractivity contribution in [1.29, 1.82) is 5.53 Å². The summed E-state index contributed by atoms with van der Waals surface area (Å²) in [6.07, 6.45) is 0. The summed E-state index contributed by atoms with van der Waals surface area (Å²) in [5.74, 6) is -0.803. The molecule has 1 atom stereocenters. The minimum absolute atomic E-state index is 0. The van der Waals surface area contributed by atoms with E-state index >= 15 is 0 Å². The molecule has 0 radical (unpaired) electrons. The molecule has 0 fully saturated rings. The van der Waals surface area contributed by atoms with Gasteiger partial charge in [0.05, 0.1) is 11.1 Å². The van der Waals surface area contributed by atoms with Crippen LogP contribution < -0.4 is 16.2 Å². The topological polar surface area (TPSA) is 173 Å². The molecule has 1 aliphatic rings. The minimum atomic E-state index is -1.07. The van der Waals surface area contributed by atoms with Crippen LogP contribution >= 0.6 is 0 Å². The molecule has 2 aromatic heterocycles. The number of pyridine rings is 2. The van der Waals surface area contributed by atoms with E-state index in [0.717, 1.165) is 16.8 Å². The summed E-state index contributed by atoms with van der Waals surface area (Å²) in [5, 5.41) is 3.04. The lowest BCUT2D eigenvalue weighted by Gasteiger charge is -2.36. The Morgan fingerprint density at radius 1 is 1.00 bits per heavy atom. The van der Waals surface area contributed by atoms with Gasteiger partial charge in [0.2, 0.25) is 17.7 Å². The lowest BCUT2D eigenvalue weighted by Crippen LogP contribution is -2.34. The third-order valence-electron chi connectivity index (χ3n) is 6.17. The van der Waals surface area contributed by atoms with Crippen molar-refractivity contribution in [3.63, 3.8) is 0 Å². The Morgan fingerprint density at radius 2 is 1.58 bits per heavy atom. The Bertz CT molecular complexity index is 1400. The highest BCUT2D eigenvalue weighted by molar-refractivity contribution is 5.96. The van der Waals surface area contributed by atoms with Gasteiger partial charge in [0.25, 0.3) is 11.8 Å². The van der Waals surface area contributed by atoms with E-state index in [4.69, 9.17) is 21.0 Å². The highest BCUT2D eigenvalue weighted by atomic mass is 16.5. The first-order valence-corrected chi connectivity index (χ1v) is 11.8. The molecule has 38 heavy (non-hydrogen) atoms. The second-order valence-corrected chi connectivity index (χ2v) is 9.36. The smallest absolute Gasteiger partial charge is 0.255 e. The summed E-state index contributed by atoms with van der Waals surface area (Å²) < 4.78 is 6.12. The van der Waals surface area contributed by atoms with E-state index in [0.29, 0.717) is 28.6 Å². The van der Waals surface area contributed by atoms with Crippen molar-refractivity contribution in [3.8, 4) is 23.0 Å². The Kier molecular flexibility index (Phi) is 8.32. The lowest BCUT2D eigenvalue weighted by molar-refractivity contribution is -0.126. The summed E-state index contributed by atoms with van der Waals surface area (Å²) in [7, 11) is 4.91. The van der Waals surface area contributed by atoms with Gasteiger partial charge in [0, 0.05) is 49.4 Å². The Hall–Kier alpha value is -4.51. The van der Waals surface area contributed by atoms with Crippen molar-refractivity contribution in [2.45, 2.75) is 26.7 Å². The molecule has 0 bridgehead atoms. The third-order valence-corrected chi connectivity index (χ3v) is 6.17. The molecule has 1 aromatic carbocycles. The number of amides is 2. The van der Waals surface area contributed by atoms with E-state index in [2.05, 4.69) is 20.8 Å². The Balaban J connectivity index is 0.00000174. The zero-order chi connectivity index (χ0) is 28.2. The maximum atomic E-state index is 13.1. The molecule has 5 N–H and O–H groups in total. The second-order valence-electron chi connectivity index (χ2n) is 9.36. The first kappa shape index (κ1) is 28.1. The zero-order valence-corrected chi connectivity index (χ0v) is 22.3. The van der Waals surface area contributed by atoms with Crippen LogP contribution in [0.4, 0.5) is 0 Å². The van der Waals surface area contributed by atoms with Gasteiger partial charge in [-0.1, -0.05) is 38.1 Å². The van der Waals surface area contributed by atoms with Crippen molar-refractivity contribution in [3.05, 3.63) is 70.9 Å². The number of nitrogens with one attached hydrogen (secondary N) is 1. The minimum Gasteiger partial charge on any atom is -0.420 e. The summed E-state index contributed by atoms with van der Waals surface area (Å²) >= 11 is 0. The number of carbonyl (C=O) groups is 2. The summed E-state index contributed by atoms with van der Waals surface area (Å²) in [6, 6.07) is 14.6. The Morgan fingerprint density at radius 3 is 2.16 bits per heavy atom. The van der Waals surface area contributed by atoms with Gasteiger partial charge in [-0.25, -0.2) is 15.5 Å². The van der Waals surface area contributed by atoms with E-state index in [-0.39, 0.29) is 7.33 Å². The van der Waals surface area contributed by atoms with Crippen LogP contribution in [0.3, 0.4) is 0 Å². The number of aromatic nitrogens is 2. The number of hydrogen-bond donors (Lipinski definition) is 3. The number of ether oxygens (including phenoxy) is 1. The molecule has 11 heteroatoms. The predicted molar refractivity (Wildman–Crippen MR) is 146 cm³/mol. The van der Waals surface area contributed by atoms with Crippen LogP contribution in [0.15, 0.2) is 58.6 Å². The monoisotopic (exact) mass is 518 g/mol. The molecule has 0 saturated heterocycles. The van der Waals surface area contributed by atoms with Crippen molar-refractivity contribution >= 4 is 17.8 Å². The van der Waals surface area contributed by atoms with Crippen LogP contribution in [0, 0.1) is 17.9 Å². The van der Waals surface area contributed by atoms with Gasteiger partial charge in [-0.15, -0.1) is 5.11 Å². The fraction of sp³-hybridized carbons (Fsp3) is 0.296. The van der Waals surface area contributed by atoms with Gasteiger partial charge < -0.3 is 21.1 Å². The number of guanidine groups is 1. The number of fused-ring (bicyclic) bond motifs is 2. The fourth-order valence-electron chi connectivity index (χ4n) is 4.23. The zero-order valence-electron chi connectivity index (χ0n) is 22.3. The molecule has 2 amide bonds. The predicted octanol–water partition coefficient (Wildman–Crippen LogP) is 4.11. The number of nitrogens with two attached hydrogens (primary N) is 2. The quantitative estimate of drug-likeness (QED) is 0.265. The van der Waals surface area contributed by atoms with E-state index in [1.54, 1.807) is 40.1 Å². The maximum absolute atomic E-state index is 13.1. The average molecular weight is 519 g/mol. The molecule has 1 aliphatic heterocycles. The third kappa shape index (κ3) is 5.42. The van der Waals surface area contributed by atoms with Gasteiger partial charge in [-0.3, -0.25) is 9.59 Å². The number of aliphatic imine (C=N–C) groups is 1.